The van der Waals surface area contributed by atoms with Gasteiger partial charge in [0.05, 0.1) is 6.54 Å². The highest BCUT2D eigenvalue weighted by Crippen LogP contribution is 2.27. The predicted molar refractivity (Wildman–Crippen MR) is 104 cm³/mol. The molecule has 0 radical (unpaired) electrons. The Hall–Kier alpha value is -1.82. The van der Waals surface area contributed by atoms with Gasteiger partial charge in [0, 0.05) is 37.8 Å². The van der Waals surface area contributed by atoms with Crippen LogP contribution >= 0.6 is 11.6 Å². The molecule has 2 fully saturated rings. The number of guanidine groups is 1. The number of nitrogens with one attached hydrogen (secondary N) is 2. The maximum absolute atomic E-state index is 12.6. The highest BCUT2D eigenvalue weighted by molar-refractivity contribution is 6.29. The second-order valence-electron chi connectivity index (χ2n) is 7.08. The van der Waals surface area contributed by atoms with Gasteiger partial charge in [-0.25, -0.2) is 9.98 Å². The Morgan fingerprint density at radius 1 is 1.35 bits per heavy atom. The molecule has 2 N–H and O–H groups in total. The molecule has 1 aliphatic heterocycles. The van der Waals surface area contributed by atoms with Crippen molar-refractivity contribution in [1.29, 1.82) is 0 Å². The average Bonchev–Trinajstić information content (AvgIpc) is 3.33. The standard InChI is InChI=1S/C19H28ClN5O/c1-2-21-19(23-12-14-7-8-17(20)22-11-14)24-16-9-10-25(13-16)18(26)15-5-3-4-6-15/h7-8,11,15-16H,2-6,9-10,12-13H2,1H3,(H2,21,23,24). The summed E-state index contributed by atoms with van der Waals surface area (Å²) in [6, 6.07) is 3.96. The van der Waals surface area contributed by atoms with Crippen LogP contribution in [0.4, 0.5) is 0 Å². The van der Waals surface area contributed by atoms with E-state index in [1.807, 2.05) is 17.9 Å². The van der Waals surface area contributed by atoms with Gasteiger partial charge in [-0.2, -0.15) is 0 Å². The zero-order valence-electron chi connectivity index (χ0n) is 15.4. The summed E-state index contributed by atoms with van der Waals surface area (Å²) in [6.45, 7) is 4.99. The van der Waals surface area contributed by atoms with E-state index in [2.05, 4.69) is 20.6 Å². The molecule has 7 heteroatoms. The van der Waals surface area contributed by atoms with Crippen LogP contribution in [0, 0.1) is 5.92 Å². The molecule has 1 aliphatic carbocycles. The third-order valence-electron chi connectivity index (χ3n) is 5.10. The summed E-state index contributed by atoms with van der Waals surface area (Å²) in [7, 11) is 0. The summed E-state index contributed by atoms with van der Waals surface area (Å²) in [5.74, 6) is 1.39. The fraction of sp³-hybridized carbons (Fsp3) is 0.632. The summed E-state index contributed by atoms with van der Waals surface area (Å²) >= 11 is 5.82. The number of hydrogen-bond donors (Lipinski definition) is 2. The molecule has 1 saturated carbocycles. The number of carbonyl (C=O) groups is 1. The Morgan fingerprint density at radius 2 is 2.15 bits per heavy atom. The van der Waals surface area contributed by atoms with Crippen molar-refractivity contribution >= 4 is 23.5 Å². The Bertz CT molecular complexity index is 627. The lowest BCUT2D eigenvalue weighted by atomic mass is 10.1. The molecular weight excluding hydrogens is 350 g/mol. The van der Waals surface area contributed by atoms with Crippen LogP contribution < -0.4 is 10.6 Å². The van der Waals surface area contributed by atoms with Gasteiger partial charge in [0.15, 0.2) is 5.96 Å². The maximum atomic E-state index is 12.6. The van der Waals surface area contributed by atoms with E-state index in [1.165, 1.54) is 12.8 Å². The molecule has 1 saturated heterocycles. The number of aromatic nitrogens is 1. The smallest absolute Gasteiger partial charge is 0.225 e. The van der Waals surface area contributed by atoms with Crippen molar-refractivity contribution in [1.82, 2.24) is 20.5 Å². The summed E-state index contributed by atoms with van der Waals surface area (Å²) < 4.78 is 0. The number of pyridine rings is 1. The van der Waals surface area contributed by atoms with E-state index in [-0.39, 0.29) is 12.0 Å². The van der Waals surface area contributed by atoms with E-state index >= 15 is 0 Å². The molecule has 142 valence electrons. The lowest BCUT2D eigenvalue weighted by Gasteiger charge is -2.21. The highest BCUT2D eigenvalue weighted by Gasteiger charge is 2.32. The van der Waals surface area contributed by atoms with Crippen molar-refractivity contribution in [3.63, 3.8) is 0 Å². The molecule has 2 heterocycles. The zero-order chi connectivity index (χ0) is 18.4. The Labute approximate surface area is 160 Å². The minimum absolute atomic E-state index is 0.251. The van der Waals surface area contributed by atoms with Crippen molar-refractivity contribution < 1.29 is 4.79 Å². The quantitative estimate of drug-likeness (QED) is 0.470. The lowest BCUT2D eigenvalue weighted by molar-refractivity contribution is -0.134. The minimum Gasteiger partial charge on any atom is -0.357 e. The van der Waals surface area contributed by atoms with Crippen LogP contribution in [0.15, 0.2) is 23.3 Å². The first-order valence-corrected chi connectivity index (χ1v) is 9.97. The van der Waals surface area contributed by atoms with Crippen LogP contribution in [-0.4, -0.2) is 47.4 Å². The van der Waals surface area contributed by atoms with E-state index in [9.17, 15) is 4.79 Å². The molecule has 0 aromatic carbocycles. The van der Waals surface area contributed by atoms with Gasteiger partial charge in [0.25, 0.3) is 0 Å². The van der Waals surface area contributed by atoms with Gasteiger partial charge >= 0.3 is 0 Å². The first-order chi connectivity index (χ1) is 12.7. The number of hydrogen-bond acceptors (Lipinski definition) is 3. The molecule has 1 unspecified atom stereocenters. The van der Waals surface area contributed by atoms with Crippen LogP contribution in [0.5, 0.6) is 0 Å². The number of amides is 1. The second-order valence-corrected chi connectivity index (χ2v) is 7.47. The summed E-state index contributed by atoms with van der Waals surface area (Å²) in [6.07, 6.45) is 7.23. The normalized spacial score (nSPS) is 21.2. The number of likely N-dealkylation sites (tertiary alicyclic amines) is 1. The Balaban J connectivity index is 1.53. The molecule has 1 atom stereocenters. The van der Waals surface area contributed by atoms with Gasteiger partial charge < -0.3 is 15.5 Å². The number of aliphatic imine (C=N–C) groups is 1. The average molecular weight is 378 g/mol. The fourth-order valence-electron chi connectivity index (χ4n) is 3.69. The molecular formula is C19H28ClN5O. The van der Waals surface area contributed by atoms with Crippen LogP contribution in [0.3, 0.4) is 0 Å². The molecule has 3 rings (SSSR count). The van der Waals surface area contributed by atoms with Crippen molar-refractivity contribution in [2.75, 3.05) is 19.6 Å². The molecule has 2 aliphatic rings. The minimum atomic E-state index is 0.251. The van der Waals surface area contributed by atoms with Crippen LogP contribution in [0.2, 0.25) is 5.15 Å². The Morgan fingerprint density at radius 3 is 2.85 bits per heavy atom. The number of nitrogens with zero attached hydrogens (tertiary/aromatic N) is 3. The topological polar surface area (TPSA) is 69.6 Å². The molecule has 1 aromatic heterocycles. The van der Waals surface area contributed by atoms with Crippen molar-refractivity contribution in [2.24, 2.45) is 10.9 Å². The number of halogens is 1. The van der Waals surface area contributed by atoms with Crippen LogP contribution in [0.25, 0.3) is 0 Å². The third kappa shape index (κ3) is 5.10. The van der Waals surface area contributed by atoms with Crippen LogP contribution in [0.1, 0.15) is 44.6 Å². The SMILES string of the molecule is CCNC(=NCc1ccc(Cl)nc1)NC1CCN(C(=O)C2CCCC2)C1. The van der Waals surface area contributed by atoms with Gasteiger partial charge in [0.1, 0.15) is 5.15 Å². The van der Waals surface area contributed by atoms with E-state index in [4.69, 9.17) is 11.6 Å². The first-order valence-electron chi connectivity index (χ1n) is 9.59. The molecule has 26 heavy (non-hydrogen) atoms. The molecule has 0 spiro atoms. The van der Waals surface area contributed by atoms with Gasteiger partial charge in [-0.3, -0.25) is 4.79 Å². The first kappa shape index (κ1) is 19.0. The third-order valence-corrected chi connectivity index (χ3v) is 5.32. The second kappa shape index (κ2) is 9.21. The van der Waals surface area contributed by atoms with Gasteiger partial charge in [-0.15, -0.1) is 0 Å². The molecule has 6 nitrogen and oxygen atoms in total. The largest absolute Gasteiger partial charge is 0.357 e. The van der Waals surface area contributed by atoms with Crippen molar-refractivity contribution in [2.45, 2.75) is 51.6 Å². The van der Waals surface area contributed by atoms with Crippen LogP contribution in [-0.2, 0) is 11.3 Å². The van der Waals surface area contributed by atoms with Gasteiger partial charge in [-0.05, 0) is 37.8 Å². The summed E-state index contributed by atoms with van der Waals surface area (Å²) in [5, 5.41) is 7.24. The lowest BCUT2D eigenvalue weighted by Crippen LogP contribution is -2.45. The van der Waals surface area contributed by atoms with Gasteiger partial charge in [0.2, 0.25) is 5.91 Å². The predicted octanol–water partition coefficient (Wildman–Crippen LogP) is 2.58. The van der Waals surface area contributed by atoms with Gasteiger partial charge in [-0.1, -0.05) is 30.5 Å². The maximum Gasteiger partial charge on any atom is 0.225 e. The summed E-state index contributed by atoms with van der Waals surface area (Å²) in [5.41, 5.74) is 1.01. The fourth-order valence-corrected chi connectivity index (χ4v) is 3.80. The number of carbonyl (C=O) groups excluding carboxylic acids is 1. The zero-order valence-corrected chi connectivity index (χ0v) is 16.1. The molecule has 1 aromatic rings. The Kier molecular flexibility index (Phi) is 6.72. The number of rotatable bonds is 5. The van der Waals surface area contributed by atoms with E-state index in [1.54, 1.807) is 12.3 Å². The molecule has 0 bridgehead atoms. The highest BCUT2D eigenvalue weighted by atomic mass is 35.5. The summed E-state index contributed by atoms with van der Waals surface area (Å²) in [4.78, 5) is 23.3. The van der Waals surface area contributed by atoms with Crippen molar-refractivity contribution in [3.8, 4) is 0 Å². The van der Waals surface area contributed by atoms with E-state index < -0.39 is 0 Å². The van der Waals surface area contributed by atoms with E-state index in [0.29, 0.717) is 17.6 Å². The monoisotopic (exact) mass is 377 g/mol. The van der Waals surface area contributed by atoms with Crippen molar-refractivity contribution in [3.05, 3.63) is 29.0 Å². The molecule has 1 amide bonds. The van der Waals surface area contributed by atoms with E-state index in [0.717, 1.165) is 50.4 Å².